The van der Waals surface area contributed by atoms with Gasteiger partial charge in [-0.2, -0.15) is 0 Å². The lowest BCUT2D eigenvalue weighted by Crippen LogP contribution is -2.33. The summed E-state index contributed by atoms with van der Waals surface area (Å²) >= 11 is 3.52. The van der Waals surface area contributed by atoms with Gasteiger partial charge in [-0.1, -0.05) is 0 Å². The number of esters is 1. The van der Waals surface area contributed by atoms with E-state index in [0.29, 0.717) is 28.7 Å². The summed E-state index contributed by atoms with van der Waals surface area (Å²) in [7, 11) is 3.18. The van der Waals surface area contributed by atoms with Crippen LogP contribution < -0.4 is 10.5 Å². The third kappa shape index (κ3) is 2.17. The number of benzene rings is 1. The summed E-state index contributed by atoms with van der Waals surface area (Å²) in [6.07, 6.45) is 0. The Morgan fingerprint density at radius 2 is 2.00 bits per heavy atom. The second kappa shape index (κ2) is 5.31. The van der Waals surface area contributed by atoms with E-state index in [9.17, 15) is 9.59 Å². The predicted octanol–water partition coefficient (Wildman–Crippen LogP) is 1.86. The zero-order valence-electron chi connectivity index (χ0n) is 13.7. The summed E-state index contributed by atoms with van der Waals surface area (Å²) in [5.74, 6) is 1.17. The summed E-state index contributed by atoms with van der Waals surface area (Å²) in [5.41, 5.74) is 1.65. The van der Waals surface area contributed by atoms with Gasteiger partial charge in [-0.05, 0) is 52.4 Å². The fourth-order valence-electron chi connectivity index (χ4n) is 3.92. The molecule has 24 heavy (non-hydrogen) atoms. The standard InChI is InChI=1S/C17H18BrN3O3/c1-8-4-9-14(12(18)5-8)19-17(20(2)15(9)22)21-6-10-11(7-21)13(10)16(23)24-3/h4-5,10-11,13H,6-7H2,1-3H3/t10-,11+,13?. The monoisotopic (exact) mass is 391 g/mol. The first kappa shape index (κ1) is 15.6. The molecule has 0 N–H and O–H groups in total. The highest BCUT2D eigenvalue weighted by molar-refractivity contribution is 9.10. The highest BCUT2D eigenvalue weighted by Crippen LogP contribution is 2.52. The maximum Gasteiger partial charge on any atom is 0.309 e. The highest BCUT2D eigenvalue weighted by atomic mass is 79.9. The van der Waals surface area contributed by atoms with Gasteiger partial charge in [-0.3, -0.25) is 14.2 Å². The van der Waals surface area contributed by atoms with Gasteiger partial charge >= 0.3 is 5.97 Å². The van der Waals surface area contributed by atoms with Crippen molar-refractivity contribution in [3.63, 3.8) is 0 Å². The molecule has 0 bridgehead atoms. The number of carbonyl (C=O) groups excluding carboxylic acids is 1. The molecule has 1 saturated heterocycles. The van der Waals surface area contributed by atoms with Crippen LogP contribution in [0.4, 0.5) is 5.95 Å². The van der Waals surface area contributed by atoms with E-state index in [1.165, 1.54) is 7.11 Å². The number of hydrogen-bond donors (Lipinski definition) is 0. The van der Waals surface area contributed by atoms with Crippen LogP contribution in [-0.2, 0) is 16.6 Å². The number of rotatable bonds is 2. The molecule has 0 radical (unpaired) electrons. The summed E-state index contributed by atoms with van der Waals surface area (Å²) < 4.78 is 7.27. The zero-order chi connectivity index (χ0) is 17.2. The van der Waals surface area contributed by atoms with Gasteiger partial charge in [0.05, 0.1) is 23.9 Å². The van der Waals surface area contributed by atoms with Crippen LogP contribution in [0.25, 0.3) is 10.9 Å². The van der Waals surface area contributed by atoms with Gasteiger partial charge in [0.25, 0.3) is 5.56 Å². The molecule has 7 heteroatoms. The molecule has 1 unspecified atom stereocenters. The highest BCUT2D eigenvalue weighted by Gasteiger charge is 2.60. The molecule has 4 rings (SSSR count). The lowest BCUT2D eigenvalue weighted by Gasteiger charge is -2.23. The Hall–Kier alpha value is -1.89. The average Bonchev–Trinajstić information content (AvgIpc) is 3.04. The Balaban J connectivity index is 1.71. The van der Waals surface area contributed by atoms with E-state index in [0.717, 1.165) is 23.1 Å². The topological polar surface area (TPSA) is 64.4 Å². The summed E-state index contributed by atoms with van der Waals surface area (Å²) in [4.78, 5) is 31.2. The van der Waals surface area contributed by atoms with Crippen molar-refractivity contribution in [3.8, 4) is 0 Å². The molecule has 126 valence electrons. The van der Waals surface area contributed by atoms with Crippen molar-refractivity contribution in [2.45, 2.75) is 6.92 Å². The molecule has 0 amide bonds. The van der Waals surface area contributed by atoms with E-state index in [2.05, 4.69) is 20.8 Å². The van der Waals surface area contributed by atoms with Gasteiger partial charge in [-0.15, -0.1) is 0 Å². The Labute approximate surface area is 147 Å². The first-order valence-electron chi connectivity index (χ1n) is 7.92. The molecule has 1 aliphatic carbocycles. The second-order valence-corrected chi connectivity index (χ2v) is 7.55. The van der Waals surface area contributed by atoms with Crippen LogP contribution >= 0.6 is 15.9 Å². The molecule has 1 aliphatic heterocycles. The summed E-state index contributed by atoms with van der Waals surface area (Å²) in [5, 5.41) is 0.616. The minimum Gasteiger partial charge on any atom is -0.469 e. The van der Waals surface area contributed by atoms with Crippen LogP contribution in [0.5, 0.6) is 0 Å². The molecule has 1 aromatic carbocycles. The van der Waals surface area contributed by atoms with Gasteiger partial charge in [0.15, 0.2) is 0 Å². The van der Waals surface area contributed by atoms with Crippen LogP contribution in [0.3, 0.4) is 0 Å². The molecule has 2 heterocycles. The second-order valence-electron chi connectivity index (χ2n) is 6.70. The van der Waals surface area contributed by atoms with Gasteiger partial charge in [0.2, 0.25) is 5.95 Å². The number of anilines is 1. The van der Waals surface area contributed by atoms with Crippen molar-refractivity contribution >= 4 is 38.8 Å². The third-order valence-electron chi connectivity index (χ3n) is 5.20. The lowest BCUT2D eigenvalue weighted by molar-refractivity contribution is -0.142. The Bertz CT molecular complexity index is 911. The Morgan fingerprint density at radius 1 is 1.33 bits per heavy atom. The van der Waals surface area contributed by atoms with Crippen LogP contribution in [0, 0.1) is 24.7 Å². The zero-order valence-corrected chi connectivity index (χ0v) is 15.3. The quantitative estimate of drug-likeness (QED) is 0.731. The third-order valence-corrected chi connectivity index (χ3v) is 5.81. The minimum absolute atomic E-state index is 0.0121. The van der Waals surface area contributed by atoms with Crippen molar-refractivity contribution in [2.24, 2.45) is 24.8 Å². The molecule has 1 aromatic heterocycles. The number of ether oxygens (including phenoxy) is 1. The first-order chi connectivity index (χ1) is 11.4. The van der Waals surface area contributed by atoms with E-state index >= 15 is 0 Å². The number of methoxy groups -OCH3 is 1. The Morgan fingerprint density at radius 3 is 2.62 bits per heavy atom. The maximum atomic E-state index is 12.7. The normalized spacial score (nSPS) is 25.0. The van der Waals surface area contributed by atoms with E-state index in [4.69, 9.17) is 9.72 Å². The predicted molar refractivity (Wildman–Crippen MR) is 94.1 cm³/mol. The van der Waals surface area contributed by atoms with Gasteiger partial charge in [0, 0.05) is 24.6 Å². The molecule has 2 aliphatic rings. The molecular formula is C17H18BrN3O3. The number of halogens is 1. The number of hydrogen-bond acceptors (Lipinski definition) is 5. The van der Waals surface area contributed by atoms with Crippen LogP contribution in [0.1, 0.15) is 5.56 Å². The van der Waals surface area contributed by atoms with Crippen molar-refractivity contribution in [3.05, 3.63) is 32.5 Å². The van der Waals surface area contributed by atoms with Gasteiger partial charge in [0.1, 0.15) is 0 Å². The SMILES string of the molecule is COC(=O)C1[C@H]2CN(c3nc4c(Br)cc(C)cc4c(=O)n3C)C[C@@H]12. The largest absolute Gasteiger partial charge is 0.469 e. The number of aromatic nitrogens is 2. The van der Waals surface area contributed by atoms with Gasteiger partial charge in [-0.25, -0.2) is 4.98 Å². The number of aryl methyl sites for hydroxylation is 1. The van der Waals surface area contributed by atoms with E-state index in [1.807, 2.05) is 19.1 Å². The smallest absolute Gasteiger partial charge is 0.309 e. The number of fused-ring (bicyclic) bond motifs is 2. The fourth-order valence-corrected chi connectivity index (χ4v) is 4.58. The van der Waals surface area contributed by atoms with Crippen LogP contribution in [0.2, 0.25) is 0 Å². The fraction of sp³-hybridized carbons (Fsp3) is 0.471. The van der Waals surface area contributed by atoms with Crippen molar-refractivity contribution < 1.29 is 9.53 Å². The molecule has 1 saturated carbocycles. The molecule has 0 spiro atoms. The summed E-state index contributed by atoms with van der Waals surface area (Å²) in [6, 6.07) is 3.83. The minimum atomic E-state index is -0.122. The maximum absolute atomic E-state index is 12.7. The Kier molecular flexibility index (Phi) is 3.46. The molecular weight excluding hydrogens is 374 g/mol. The number of carbonyl (C=O) groups is 1. The molecule has 6 nitrogen and oxygen atoms in total. The number of nitrogens with zero attached hydrogens (tertiary/aromatic N) is 3. The van der Waals surface area contributed by atoms with Crippen molar-refractivity contribution in [1.29, 1.82) is 0 Å². The molecule has 3 atom stereocenters. The molecule has 2 aromatic rings. The van der Waals surface area contributed by atoms with Crippen molar-refractivity contribution in [1.82, 2.24) is 9.55 Å². The first-order valence-corrected chi connectivity index (χ1v) is 8.71. The van der Waals surface area contributed by atoms with Crippen molar-refractivity contribution in [2.75, 3.05) is 25.1 Å². The number of piperidine rings is 1. The van der Waals surface area contributed by atoms with E-state index in [-0.39, 0.29) is 17.4 Å². The average molecular weight is 392 g/mol. The molecule has 2 fully saturated rings. The van der Waals surface area contributed by atoms with E-state index < -0.39 is 0 Å². The van der Waals surface area contributed by atoms with E-state index in [1.54, 1.807) is 11.6 Å². The van der Waals surface area contributed by atoms with Crippen LogP contribution in [0.15, 0.2) is 21.4 Å². The lowest BCUT2D eigenvalue weighted by atomic mass is 10.1. The van der Waals surface area contributed by atoms with Gasteiger partial charge < -0.3 is 9.64 Å². The summed E-state index contributed by atoms with van der Waals surface area (Å²) in [6.45, 7) is 3.43. The van der Waals surface area contributed by atoms with Crippen LogP contribution in [-0.4, -0.2) is 35.7 Å².